The van der Waals surface area contributed by atoms with Gasteiger partial charge in [0, 0.05) is 24.7 Å². The van der Waals surface area contributed by atoms with Crippen LogP contribution in [-0.2, 0) is 17.8 Å². The van der Waals surface area contributed by atoms with Gasteiger partial charge in [0.1, 0.15) is 12.3 Å². The molecule has 40 heavy (non-hydrogen) atoms. The highest BCUT2D eigenvalue weighted by molar-refractivity contribution is 5.98. The Morgan fingerprint density at radius 3 is 2.20 bits per heavy atom. The van der Waals surface area contributed by atoms with Crippen LogP contribution in [0.1, 0.15) is 34.5 Å². The maximum atomic E-state index is 13.6. The largest absolute Gasteiger partial charge is 0.493 e. The van der Waals surface area contributed by atoms with Gasteiger partial charge in [-0.2, -0.15) is 0 Å². The molecular weight excluding hydrogens is 524 g/mol. The number of amides is 2. The zero-order valence-electron chi connectivity index (χ0n) is 22.0. The molecule has 210 valence electrons. The maximum absolute atomic E-state index is 13.6. The molecule has 0 unspecified atom stereocenters. The average molecular weight is 553 g/mol. The summed E-state index contributed by atoms with van der Waals surface area (Å²) in [5, 5.41) is 22.6. The van der Waals surface area contributed by atoms with Gasteiger partial charge in [0.05, 0.1) is 48.5 Å². The first-order valence-electron chi connectivity index (χ1n) is 12.5. The van der Waals surface area contributed by atoms with Crippen molar-refractivity contribution in [3.8, 4) is 11.5 Å². The number of ether oxygens (including phenoxy) is 2. The number of carbonyl (C=O) groups excluding carboxylic acids is 2. The number of carbonyl (C=O) groups is 2. The molecule has 1 aromatic heterocycles. The van der Waals surface area contributed by atoms with Crippen LogP contribution in [0, 0.1) is 20.2 Å². The third-order valence-corrected chi connectivity index (χ3v) is 6.52. The predicted molar refractivity (Wildman–Crippen MR) is 141 cm³/mol. The zero-order valence-corrected chi connectivity index (χ0v) is 22.0. The first-order chi connectivity index (χ1) is 19.2. The van der Waals surface area contributed by atoms with Crippen molar-refractivity contribution in [1.82, 2.24) is 9.80 Å². The van der Waals surface area contributed by atoms with E-state index in [0.29, 0.717) is 43.1 Å². The Labute approximate surface area is 229 Å². The predicted octanol–water partition coefficient (Wildman–Crippen LogP) is 3.99. The minimum absolute atomic E-state index is 0.161. The average Bonchev–Trinajstić information content (AvgIpc) is 3.67. The van der Waals surface area contributed by atoms with Crippen molar-refractivity contribution in [3.05, 3.63) is 91.9 Å². The summed E-state index contributed by atoms with van der Waals surface area (Å²) in [5.41, 5.74) is -0.472. The van der Waals surface area contributed by atoms with Gasteiger partial charge in [0.25, 0.3) is 17.3 Å². The van der Waals surface area contributed by atoms with Crippen molar-refractivity contribution >= 4 is 23.2 Å². The highest BCUT2D eigenvalue weighted by atomic mass is 16.6. The molecule has 3 aromatic rings. The van der Waals surface area contributed by atoms with Crippen LogP contribution in [0.3, 0.4) is 0 Å². The summed E-state index contributed by atoms with van der Waals surface area (Å²) in [6.07, 6.45) is 3.28. The summed E-state index contributed by atoms with van der Waals surface area (Å²) < 4.78 is 16.1. The standard InChI is InChI=1S/C27H28N4O9/c1-38-24-8-5-18(12-25(24)39-2)9-10-28(16-23-4-3-11-40-23)26(32)17-29(20-6-7-20)27(33)19-13-21(30(34)35)15-22(14-19)31(36)37/h3-5,8,11-15,20H,6-7,9-10,16-17H2,1-2H3. The maximum Gasteiger partial charge on any atom is 0.277 e. The fourth-order valence-corrected chi connectivity index (χ4v) is 4.28. The SMILES string of the molecule is COc1ccc(CCN(Cc2ccco2)C(=O)CN(C(=O)c2cc([N+](=O)[O-])cc([N+](=O)[O-])c2)C2CC2)cc1OC. The third-order valence-electron chi connectivity index (χ3n) is 6.52. The van der Waals surface area contributed by atoms with Crippen LogP contribution in [0.4, 0.5) is 11.4 Å². The summed E-state index contributed by atoms with van der Waals surface area (Å²) in [6.45, 7) is 0.157. The molecule has 0 saturated heterocycles. The van der Waals surface area contributed by atoms with Crippen molar-refractivity contribution in [3.63, 3.8) is 0 Å². The fraction of sp³-hybridized carbons (Fsp3) is 0.333. The van der Waals surface area contributed by atoms with E-state index in [2.05, 4.69) is 0 Å². The number of nitrogens with zero attached hydrogens (tertiary/aromatic N) is 4. The fourth-order valence-electron chi connectivity index (χ4n) is 4.28. The summed E-state index contributed by atoms with van der Waals surface area (Å²) in [7, 11) is 3.08. The Morgan fingerprint density at radius 2 is 1.65 bits per heavy atom. The molecule has 1 aliphatic rings. The van der Waals surface area contributed by atoms with Crippen LogP contribution in [-0.4, -0.2) is 64.8 Å². The van der Waals surface area contributed by atoms with E-state index >= 15 is 0 Å². The van der Waals surface area contributed by atoms with Crippen LogP contribution >= 0.6 is 0 Å². The highest BCUT2D eigenvalue weighted by Gasteiger charge is 2.36. The lowest BCUT2D eigenvalue weighted by Gasteiger charge is -2.27. The van der Waals surface area contributed by atoms with Crippen molar-refractivity contribution in [2.45, 2.75) is 31.8 Å². The van der Waals surface area contributed by atoms with E-state index in [1.54, 1.807) is 30.2 Å². The van der Waals surface area contributed by atoms with E-state index in [1.165, 1.54) is 18.3 Å². The molecule has 0 N–H and O–H groups in total. The van der Waals surface area contributed by atoms with E-state index in [1.807, 2.05) is 12.1 Å². The van der Waals surface area contributed by atoms with Gasteiger partial charge in [0.2, 0.25) is 5.91 Å². The monoisotopic (exact) mass is 552 g/mol. The molecule has 0 bridgehead atoms. The normalized spacial score (nSPS) is 12.4. The molecule has 0 radical (unpaired) electrons. The molecule has 0 spiro atoms. The van der Waals surface area contributed by atoms with Gasteiger partial charge < -0.3 is 23.7 Å². The number of nitro groups is 2. The van der Waals surface area contributed by atoms with Crippen LogP contribution in [0.2, 0.25) is 0 Å². The minimum atomic E-state index is -0.796. The lowest BCUT2D eigenvalue weighted by atomic mass is 10.1. The van der Waals surface area contributed by atoms with Gasteiger partial charge in [-0.15, -0.1) is 0 Å². The topological polar surface area (TPSA) is 158 Å². The van der Waals surface area contributed by atoms with Gasteiger partial charge in [-0.3, -0.25) is 29.8 Å². The summed E-state index contributed by atoms with van der Waals surface area (Å²) in [4.78, 5) is 50.9. The Balaban J connectivity index is 1.55. The number of furan rings is 1. The molecule has 1 saturated carbocycles. The molecular formula is C27H28N4O9. The number of nitro benzene ring substituents is 2. The Morgan fingerprint density at radius 1 is 0.975 bits per heavy atom. The number of rotatable bonds is 13. The minimum Gasteiger partial charge on any atom is -0.493 e. The number of non-ortho nitro benzene ring substituents is 2. The molecule has 0 aliphatic heterocycles. The molecule has 13 heteroatoms. The Bertz CT molecular complexity index is 1370. The Hall–Kier alpha value is -4.94. The molecule has 13 nitrogen and oxygen atoms in total. The van der Waals surface area contributed by atoms with E-state index in [0.717, 1.165) is 23.8 Å². The number of hydrogen-bond acceptors (Lipinski definition) is 9. The molecule has 4 rings (SSSR count). The number of hydrogen-bond donors (Lipinski definition) is 0. The number of methoxy groups -OCH3 is 2. The molecule has 1 aliphatic carbocycles. The van der Waals surface area contributed by atoms with Gasteiger partial charge in [-0.05, 0) is 49.1 Å². The number of benzene rings is 2. The van der Waals surface area contributed by atoms with E-state index < -0.39 is 27.1 Å². The second kappa shape index (κ2) is 12.3. The molecule has 2 aromatic carbocycles. The van der Waals surface area contributed by atoms with Gasteiger partial charge in [-0.1, -0.05) is 6.07 Å². The molecule has 1 fully saturated rings. The first kappa shape index (κ1) is 28.1. The second-order valence-corrected chi connectivity index (χ2v) is 9.25. The van der Waals surface area contributed by atoms with Crippen molar-refractivity contribution in [1.29, 1.82) is 0 Å². The van der Waals surface area contributed by atoms with Crippen LogP contribution in [0.15, 0.2) is 59.2 Å². The summed E-state index contributed by atoms with van der Waals surface area (Å²) >= 11 is 0. The molecule has 2 amide bonds. The van der Waals surface area contributed by atoms with E-state index in [-0.39, 0.29) is 30.6 Å². The quantitative estimate of drug-likeness (QED) is 0.226. The van der Waals surface area contributed by atoms with Crippen LogP contribution in [0.25, 0.3) is 0 Å². The van der Waals surface area contributed by atoms with Gasteiger partial charge >= 0.3 is 0 Å². The van der Waals surface area contributed by atoms with E-state index in [4.69, 9.17) is 13.9 Å². The lowest BCUT2D eigenvalue weighted by molar-refractivity contribution is -0.394. The first-order valence-corrected chi connectivity index (χ1v) is 12.5. The summed E-state index contributed by atoms with van der Waals surface area (Å²) in [5.74, 6) is 0.645. The molecule has 0 atom stereocenters. The Kier molecular flexibility index (Phi) is 8.62. The van der Waals surface area contributed by atoms with Crippen molar-refractivity contribution in [2.75, 3.05) is 27.3 Å². The zero-order chi connectivity index (χ0) is 28.8. The lowest BCUT2D eigenvalue weighted by Crippen LogP contribution is -2.44. The van der Waals surface area contributed by atoms with Crippen molar-refractivity contribution < 1.29 is 33.3 Å². The van der Waals surface area contributed by atoms with Crippen LogP contribution < -0.4 is 9.47 Å². The van der Waals surface area contributed by atoms with Gasteiger partial charge in [-0.25, -0.2) is 0 Å². The third kappa shape index (κ3) is 6.73. The van der Waals surface area contributed by atoms with Crippen LogP contribution in [0.5, 0.6) is 11.5 Å². The highest BCUT2D eigenvalue weighted by Crippen LogP contribution is 2.31. The van der Waals surface area contributed by atoms with Gasteiger partial charge in [0.15, 0.2) is 11.5 Å². The van der Waals surface area contributed by atoms with E-state index in [9.17, 15) is 29.8 Å². The summed E-state index contributed by atoms with van der Waals surface area (Å²) in [6, 6.07) is 11.5. The smallest absolute Gasteiger partial charge is 0.277 e. The van der Waals surface area contributed by atoms with Crippen molar-refractivity contribution in [2.24, 2.45) is 0 Å². The molecule has 1 heterocycles. The second-order valence-electron chi connectivity index (χ2n) is 9.25.